The van der Waals surface area contributed by atoms with Crippen LogP contribution in [-0.2, 0) is 18.0 Å². The molecule has 10 heteroatoms. The highest BCUT2D eigenvalue weighted by Gasteiger charge is 2.46. The van der Waals surface area contributed by atoms with Crippen molar-refractivity contribution in [2.24, 2.45) is 0 Å². The molecule has 3 rings (SSSR count). The molecule has 2 N–H and O–H groups in total. The van der Waals surface area contributed by atoms with Crippen LogP contribution in [0.25, 0.3) is 21.8 Å². The summed E-state index contributed by atoms with van der Waals surface area (Å²) in [6.07, 6.45) is 0. The maximum Gasteiger partial charge on any atom is 0.598 e. The first kappa shape index (κ1) is 20.0. The van der Waals surface area contributed by atoms with E-state index in [2.05, 4.69) is 4.98 Å². The fourth-order valence-corrected chi connectivity index (χ4v) is 3.84. The van der Waals surface area contributed by atoms with Crippen molar-refractivity contribution in [3.8, 4) is 21.8 Å². The number of aromatic nitrogens is 1. The molecule has 0 saturated carbocycles. The summed E-state index contributed by atoms with van der Waals surface area (Å²) in [5.41, 5.74) is -2.16. The molecule has 4 nitrogen and oxygen atoms in total. The largest absolute Gasteiger partial charge is 0.598 e. The molecule has 142 valence electrons. The molecule has 0 bridgehead atoms. The van der Waals surface area contributed by atoms with Crippen molar-refractivity contribution in [3.63, 3.8) is 0 Å². The lowest BCUT2D eigenvalue weighted by Gasteiger charge is -2.13. The SMILES string of the molecule is [O-][S+](Nc1ccc(-c2csc(-c3cccc(CO)c3)n2)c(Cl)c1)C(F)(F)F. The Morgan fingerprint density at radius 3 is 2.67 bits per heavy atom. The first-order chi connectivity index (χ1) is 12.8. The Balaban J connectivity index is 1.84. The number of aliphatic hydroxyl groups is 1. The van der Waals surface area contributed by atoms with Gasteiger partial charge in [-0.3, -0.25) is 0 Å². The van der Waals surface area contributed by atoms with E-state index in [4.69, 9.17) is 11.6 Å². The van der Waals surface area contributed by atoms with Crippen LogP contribution in [0.3, 0.4) is 0 Å². The van der Waals surface area contributed by atoms with E-state index in [0.29, 0.717) is 11.3 Å². The lowest BCUT2D eigenvalue weighted by atomic mass is 10.1. The van der Waals surface area contributed by atoms with Crippen molar-refractivity contribution >= 4 is 40.0 Å². The minimum Gasteiger partial charge on any atom is -0.586 e. The normalized spacial score (nSPS) is 12.8. The lowest BCUT2D eigenvalue weighted by Crippen LogP contribution is -2.29. The van der Waals surface area contributed by atoms with Gasteiger partial charge in [-0.25, -0.2) is 9.71 Å². The highest BCUT2D eigenvalue weighted by molar-refractivity contribution is 7.93. The molecule has 1 unspecified atom stereocenters. The monoisotopic (exact) mass is 432 g/mol. The number of anilines is 1. The average molecular weight is 433 g/mol. The highest BCUT2D eigenvalue weighted by atomic mass is 35.5. The molecule has 0 radical (unpaired) electrons. The van der Waals surface area contributed by atoms with Gasteiger partial charge in [-0.1, -0.05) is 29.8 Å². The van der Waals surface area contributed by atoms with Crippen LogP contribution in [0.5, 0.6) is 0 Å². The summed E-state index contributed by atoms with van der Waals surface area (Å²) >= 11 is 4.34. The van der Waals surface area contributed by atoms with Gasteiger partial charge >= 0.3 is 5.51 Å². The Labute approximate surface area is 165 Å². The Morgan fingerprint density at radius 2 is 2.00 bits per heavy atom. The van der Waals surface area contributed by atoms with Crippen LogP contribution in [0.1, 0.15) is 5.56 Å². The number of benzene rings is 2. The predicted octanol–water partition coefficient (Wildman–Crippen LogP) is 5.22. The molecule has 1 heterocycles. The summed E-state index contributed by atoms with van der Waals surface area (Å²) in [6, 6.07) is 11.4. The van der Waals surface area contributed by atoms with E-state index in [9.17, 15) is 22.8 Å². The zero-order valence-electron chi connectivity index (χ0n) is 13.5. The number of aliphatic hydroxyl groups excluding tert-OH is 1. The molecule has 0 spiro atoms. The van der Waals surface area contributed by atoms with Crippen molar-refractivity contribution in [2.75, 3.05) is 4.72 Å². The van der Waals surface area contributed by atoms with Crippen LogP contribution in [0, 0.1) is 0 Å². The van der Waals surface area contributed by atoms with Crippen molar-refractivity contribution in [1.29, 1.82) is 0 Å². The first-order valence-corrected chi connectivity index (χ1v) is 9.89. The van der Waals surface area contributed by atoms with Gasteiger partial charge in [0.25, 0.3) is 0 Å². The zero-order valence-corrected chi connectivity index (χ0v) is 15.8. The van der Waals surface area contributed by atoms with E-state index in [1.165, 1.54) is 29.5 Å². The second-order valence-corrected chi connectivity index (χ2v) is 7.88. The topological polar surface area (TPSA) is 68.2 Å². The molecule has 0 fully saturated rings. The first-order valence-electron chi connectivity index (χ1n) is 7.49. The summed E-state index contributed by atoms with van der Waals surface area (Å²) in [7, 11) is 0. The van der Waals surface area contributed by atoms with Gasteiger partial charge in [0.05, 0.1) is 23.0 Å². The second-order valence-electron chi connectivity index (χ2n) is 5.41. The minimum absolute atomic E-state index is 0.00879. The van der Waals surface area contributed by atoms with Crippen LogP contribution >= 0.6 is 22.9 Å². The third-order valence-corrected chi connectivity index (χ3v) is 5.57. The molecule has 3 aromatic rings. The lowest BCUT2D eigenvalue weighted by molar-refractivity contribution is -0.0428. The molecular formula is C17H12ClF3N2O2S2. The summed E-state index contributed by atoms with van der Waals surface area (Å²) in [5.74, 6) is 0. The summed E-state index contributed by atoms with van der Waals surface area (Å²) < 4.78 is 50.1. The standard InChI is InChI=1S/C17H12ClF3N2O2S2/c18-14-7-12(23-27(25)17(19,20)21)4-5-13(14)15-9-26-16(22-15)11-3-1-2-10(6-11)8-24/h1-7,9,23-24H,8H2. The van der Waals surface area contributed by atoms with E-state index in [-0.39, 0.29) is 17.3 Å². The van der Waals surface area contributed by atoms with Crippen LogP contribution in [0.15, 0.2) is 47.8 Å². The number of thiazole rings is 1. The maximum absolute atomic E-state index is 12.4. The predicted molar refractivity (Wildman–Crippen MR) is 102 cm³/mol. The fourth-order valence-electron chi connectivity index (χ4n) is 2.28. The van der Waals surface area contributed by atoms with Gasteiger partial charge in [-0.05, 0) is 29.8 Å². The molecule has 0 amide bonds. The van der Waals surface area contributed by atoms with Gasteiger partial charge in [-0.15, -0.1) is 24.5 Å². The second kappa shape index (κ2) is 8.07. The number of hydrogen-bond acceptors (Lipinski definition) is 5. The van der Waals surface area contributed by atoms with Gasteiger partial charge in [0.2, 0.25) is 0 Å². The molecular weight excluding hydrogens is 421 g/mol. The van der Waals surface area contributed by atoms with Gasteiger partial charge in [0.15, 0.2) is 11.4 Å². The molecule has 0 saturated heterocycles. The van der Waals surface area contributed by atoms with Gasteiger partial charge in [0.1, 0.15) is 5.01 Å². The average Bonchev–Trinajstić information content (AvgIpc) is 3.11. The number of alkyl halides is 3. The number of nitrogens with zero attached hydrogens (tertiary/aromatic N) is 1. The number of hydrogen-bond donors (Lipinski definition) is 2. The summed E-state index contributed by atoms with van der Waals surface area (Å²) in [6.45, 7) is -0.0777. The van der Waals surface area contributed by atoms with Crippen molar-refractivity contribution in [2.45, 2.75) is 12.1 Å². The maximum atomic E-state index is 12.4. The quantitative estimate of drug-likeness (QED) is 0.542. The molecule has 2 aromatic carbocycles. The Bertz CT molecular complexity index is 950. The molecule has 27 heavy (non-hydrogen) atoms. The van der Waals surface area contributed by atoms with Crippen LogP contribution in [0.4, 0.5) is 18.9 Å². The van der Waals surface area contributed by atoms with Crippen molar-refractivity contribution in [1.82, 2.24) is 4.98 Å². The van der Waals surface area contributed by atoms with E-state index in [1.54, 1.807) is 11.4 Å². The number of nitrogens with one attached hydrogen (secondary N) is 1. The highest BCUT2D eigenvalue weighted by Crippen LogP contribution is 2.35. The summed E-state index contributed by atoms with van der Waals surface area (Å²) in [4.78, 5) is 4.51. The summed E-state index contributed by atoms with van der Waals surface area (Å²) in [5, 5.41) is 11.9. The molecule has 0 aliphatic carbocycles. The Hall–Kier alpha value is -1.78. The van der Waals surface area contributed by atoms with Gasteiger partial charge < -0.3 is 9.66 Å². The smallest absolute Gasteiger partial charge is 0.586 e. The van der Waals surface area contributed by atoms with Gasteiger partial charge in [-0.2, -0.15) is 0 Å². The van der Waals surface area contributed by atoms with Crippen LogP contribution in [0.2, 0.25) is 5.02 Å². The van der Waals surface area contributed by atoms with Gasteiger partial charge in [0, 0.05) is 16.5 Å². The molecule has 0 aliphatic heterocycles. The van der Waals surface area contributed by atoms with E-state index in [1.807, 2.05) is 22.9 Å². The zero-order chi connectivity index (χ0) is 19.6. The van der Waals surface area contributed by atoms with E-state index < -0.39 is 16.9 Å². The third kappa shape index (κ3) is 4.74. The third-order valence-electron chi connectivity index (χ3n) is 3.53. The minimum atomic E-state index is -4.86. The molecule has 1 aromatic heterocycles. The Kier molecular flexibility index (Phi) is 5.97. The Morgan fingerprint density at radius 1 is 1.22 bits per heavy atom. The molecule has 0 aliphatic rings. The number of halogens is 4. The van der Waals surface area contributed by atoms with E-state index in [0.717, 1.165) is 16.1 Å². The fraction of sp³-hybridized carbons (Fsp3) is 0.118. The molecule has 1 atom stereocenters. The van der Waals surface area contributed by atoms with Crippen molar-refractivity contribution in [3.05, 3.63) is 58.4 Å². The van der Waals surface area contributed by atoms with Crippen LogP contribution in [-0.4, -0.2) is 20.2 Å². The number of rotatable bonds is 5. The van der Waals surface area contributed by atoms with Crippen LogP contribution < -0.4 is 4.72 Å². The van der Waals surface area contributed by atoms with E-state index >= 15 is 0 Å². The van der Waals surface area contributed by atoms with Crippen molar-refractivity contribution < 1.29 is 22.8 Å².